The van der Waals surface area contributed by atoms with Crippen LogP contribution in [-0.2, 0) is 0 Å². The lowest BCUT2D eigenvalue weighted by atomic mass is 10.1. The maximum atomic E-state index is 6.00. The number of nitrogens with zero attached hydrogens (tertiary/aromatic N) is 2. The summed E-state index contributed by atoms with van der Waals surface area (Å²) in [5.74, 6) is 0. The second-order valence-corrected chi connectivity index (χ2v) is 4.91. The Kier molecular flexibility index (Phi) is 3.57. The van der Waals surface area contributed by atoms with Crippen LogP contribution < -0.4 is 10.6 Å². The Hall–Kier alpha value is -1.22. The van der Waals surface area contributed by atoms with E-state index in [2.05, 4.69) is 42.7 Å². The van der Waals surface area contributed by atoms with Gasteiger partial charge in [-0.15, -0.1) is 0 Å². The van der Waals surface area contributed by atoms with Crippen molar-refractivity contribution in [2.75, 3.05) is 43.4 Å². The smallest absolute Gasteiger partial charge is 0.0374 e. The predicted molar refractivity (Wildman–Crippen MR) is 74.7 cm³/mol. The number of nitrogens with two attached hydrogens (primary N) is 1. The average Bonchev–Trinajstić information content (AvgIpc) is 2.35. The zero-order valence-corrected chi connectivity index (χ0v) is 11.2. The van der Waals surface area contributed by atoms with Gasteiger partial charge in [-0.25, -0.2) is 0 Å². The van der Waals surface area contributed by atoms with Gasteiger partial charge < -0.3 is 15.5 Å². The third-order valence-electron chi connectivity index (χ3n) is 3.76. The van der Waals surface area contributed by atoms with Crippen LogP contribution >= 0.6 is 0 Å². The van der Waals surface area contributed by atoms with Crippen LogP contribution in [0.5, 0.6) is 0 Å². The van der Waals surface area contributed by atoms with Crippen LogP contribution in [0.1, 0.15) is 18.1 Å². The molecule has 1 fully saturated rings. The molecule has 0 saturated carbocycles. The molecule has 0 bridgehead atoms. The summed E-state index contributed by atoms with van der Waals surface area (Å²) in [5.41, 5.74) is 10.6. The fraction of sp³-hybridized carbons (Fsp3) is 0.571. The molecule has 1 heterocycles. The Morgan fingerprint density at radius 3 is 2.06 bits per heavy atom. The minimum absolute atomic E-state index is 0.931. The van der Waals surface area contributed by atoms with Crippen molar-refractivity contribution in [3.8, 4) is 0 Å². The minimum atomic E-state index is 0.931. The molecule has 94 valence electrons. The van der Waals surface area contributed by atoms with E-state index in [1.807, 2.05) is 0 Å². The molecule has 1 aliphatic rings. The lowest BCUT2D eigenvalue weighted by Crippen LogP contribution is -2.46. The number of nitrogen functional groups attached to an aromatic ring is 1. The van der Waals surface area contributed by atoms with Gasteiger partial charge in [0, 0.05) is 37.6 Å². The number of rotatable bonds is 2. The van der Waals surface area contributed by atoms with Crippen LogP contribution in [0, 0.1) is 13.8 Å². The monoisotopic (exact) mass is 233 g/mol. The van der Waals surface area contributed by atoms with Gasteiger partial charge in [0.05, 0.1) is 0 Å². The summed E-state index contributed by atoms with van der Waals surface area (Å²) in [6, 6.07) is 4.42. The first-order valence-electron chi connectivity index (χ1n) is 6.46. The molecule has 1 aromatic rings. The predicted octanol–water partition coefficient (Wildman–Crippen LogP) is 2.03. The Labute approximate surface area is 104 Å². The number of aryl methyl sites for hydroxylation is 2. The van der Waals surface area contributed by atoms with Gasteiger partial charge in [0.25, 0.3) is 0 Å². The highest BCUT2D eigenvalue weighted by Crippen LogP contribution is 2.25. The highest BCUT2D eigenvalue weighted by atomic mass is 15.3. The van der Waals surface area contributed by atoms with Crippen molar-refractivity contribution in [2.24, 2.45) is 0 Å². The van der Waals surface area contributed by atoms with Crippen LogP contribution in [-0.4, -0.2) is 37.6 Å². The van der Waals surface area contributed by atoms with Crippen LogP contribution in [0.25, 0.3) is 0 Å². The number of benzene rings is 1. The Bertz CT molecular complexity index is 369. The zero-order valence-electron chi connectivity index (χ0n) is 11.2. The molecule has 1 saturated heterocycles. The van der Waals surface area contributed by atoms with Gasteiger partial charge >= 0.3 is 0 Å². The normalized spacial score (nSPS) is 17.5. The topological polar surface area (TPSA) is 32.5 Å². The second-order valence-electron chi connectivity index (χ2n) is 4.91. The van der Waals surface area contributed by atoms with E-state index in [1.165, 1.54) is 29.9 Å². The lowest BCUT2D eigenvalue weighted by Gasteiger charge is -2.36. The number of piperazine rings is 1. The van der Waals surface area contributed by atoms with E-state index in [0.29, 0.717) is 0 Å². The van der Waals surface area contributed by atoms with Gasteiger partial charge in [-0.2, -0.15) is 0 Å². The van der Waals surface area contributed by atoms with E-state index < -0.39 is 0 Å². The molecule has 2 rings (SSSR count). The molecule has 0 aromatic heterocycles. The first-order chi connectivity index (χ1) is 8.11. The van der Waals surface area contributed by atoms with E-state index in [4.69, 9.17) is 5.73 Å². The molecule has 0 amide bonds. The number of likely N-dealkylation sites (N-methyl/N-ethyl adjacent to an activating group) is 1. The second kappa shape index (κ2) is 4.96. The summed E-state index contributed by atoms with van der Waals surface area (Å²) >= 11 is 0. The van der Waals surface area contributed by atoms with Crippen LogP contribution in [0.15, 0.2) is 12.1 Å². The third kappa shape index (κ3) is 2.55. The summed E-state index contributed by atoms with van der Waals surface area (Å²) in [5, 5.41) is 0. The SMILES string of the molecule is CCN1CCN(c2cc(C)c(N)c(C)c2)CC1. The number of anilines is 2. The maximum Gasteiger partial charge on any atom is 0.0374 e. The van der Waals surface area contributed by atoms with E-state index in [9.17, 15) is 0 Å². The molecule has 0 atom stereocenters. The Balaban J connectivity index is 2.13. The molecular weight excluding hydrogens is 210 g/mol. The largest absolute Gasteiger partial charge is 0.398 e. The first kappa shape index (κ1) is 12.2. The fourth-order valence-electron chi connectivity index (χ4n) is 2.46. The van der Waals surface area contributed by atoms with E-state index >= 15 is 0 Å². The molecule has 0 aliphatic carbocycles. The van der Waals surface area contributed by atoms with Gasteiger partial charge in [-0.3, -0.25) is 0 Å². The molecule has 1 aromatic carbocycles. The molecule has 3 heteroatoms. The molecule has 3 nitrogen and oxygen atoms in total. The molecule has 0 unspecified atom stereocenters. The van der Waals surface area contributed by atoms with Crippen molar-refractivity contribution in [3.63, 3.8) is 0 Å². The van der Waals surface area contributed by atoms with Crippen LogP contribution in [0.4, 0.5) is 11.4 Å². The van der Waals surface area contributed by atoms with Crippen molar-refractivity contribution >= 4 is 11.4 Å². The molecule has 0 radical (unpaired) electrons. The number of hydrogen-bond acceptors (Lipinski definition) is 3. The highest BCUT2D eigenvalue weighted by Gasteiger charge is 2.16. The summed E-state index contributed by atoms with van der Waals surface area (Å²) in [7, 11) is 0. The number of hydrogen-bond donors (Lipinski definition) is 1. The lowest BCUT2D eigenvalue weighted by molar-refractivity contribution is 0.271. The summed E-state index contributed by atoms with van der Waals surface area (Å²) in [6.07, 6.45) is 0. The van der Waals surface area contributed by atoms with E-state index in [1.54, 1.807) is 0 Å². The van der Waals surface area contributed by atoms with Crippen LogP contribution in [0.2, 0.25) is 0 Å². The van der Waals surface area contributed by atoms with Crippen molar-refractivity contribution < 1.29 is 0 Å². The molecule has 2 N–H and O–H groups in total. The molecule has 1 aliphatic heterocycles. The summed E-state index contributed by atoms with van der Waals surface area (Å²) in [6.45, 7) is 12.1. The van der Waals surface area contributed by atoms with Crippen molar-refractivity contribution in [3.05, 3.63) is 23.3 Å². The Morgan fingerprint density at radius 2 is 1.59 bits per heavy atom. The van der Waals surface area contributed by atoms with Gasteiger partial charge in [0.15, 0.2) is 0 Å². The average molecular weight is 233 g/mol. The van der Waals surface area contributed by atoms with Crippen LogP contribution in [0.3, 0.4) is 0 Å². The van der Waals surface area contributed by atoms with Gasteiger partial charge in [0.2, 0.25) is 0 Å². The summed E-state index contributed by atoms with van der Waals surface area (Å²) < 4.78 is 0. The van der Waals surface area contributed by atoms with Gasteiger partial charge in [0.1, 0.15) is 0 Å². The third-order valence-corrected chi connectivity index (χ3v) is 3.76. The van der Waals surface area contributed by atoms with Crippen molar-refractivity contribution in [1.29, 1.82) is 0 Å². The van der Waals surface area contributed by atoms with E-state index in [-0.39, 0.29) is 0 Å². The van der Waals surface area contributed by atoms with Gasteiger partial charge in [-0.1, -0.05) is 6.92 Å². The first-order valence-corrected chi connectivity index (χ1v) is 6.46. The van der Waals surface area contributed by atoms with E-state index in [0.717, 1.165) is 25.3 Å². The minimum Gasteiger partial charge on any atom is -0.398 e. The quantitative estimate of drug-likeness (QED) is 0.793. The van der Waals surface area contributed by atoms with Crippen molar-refractivity contribution in [2.45, 2.75) is 20.8 Å². The van der Waals surface area contributed by atoms with Gasteiger partial charge in [-0.05, 0) is 43.7 Å². The standard InChI is InChI=1S/C14H23N3/c1-4-16-5-7-17(8-6-16)13-9-11(2)14(15)12(3)10-13/h9-10H,4-8,15H2,1-3H3. The summed E-state index contributed by atoms with van der Waals surface area (Å²) in [4.78, 5) is 4.96. The molecular formula is C14H23N3. The van der Waals surface area contributed by atoms with Crippen molar-refractivity contribution in [1.82, 2.24) is 4.90 Å². The zero-order chi connectivity index (χ0) is 12.4. The highest BCUT2D eigenvalue weighted by molar-refractivity contribution is 5.62. The maximum absolute atomic E-state index is 6.00. The Morgan fingerprint density at radius 1 is 1.06 bits per heavy atom. The fourth-order valence-corrected chi connectivity index (χ4v) is 2.46. The molecule has 17 heavy (non-hydrogen) atoms. The molecule has 0 spiro atoms.